The van der Waals surface area contributed by atoms with Crippen molar-refractivity contribution in [3.63, 3.8) is 0 Å². The minimum Gasteiger partial charge on any atom is -0.379 e. The maximum absolute atomic E-state index is 13.1. The van der Waals surface area contributed by atoms with E-state index in [0.29, 0.717) is 45.0 Å². The zero-order valence-electron chi connectivity index (χ0n) is 18.2. The Morgan fingerprint density at radius 3 is 2.66 bits per heavy atom. The Labute approximate surface area is 188 Å². The van der Waals surface area contributed by atoms with Crippen LogP contribution in [0.3, 0.4) is 0 Å². The molecular formula is C24H29N5O3. The largest absolute Gasteiger partial charge is 0.379 e. The molecule has 0 N–H and O–H groups in total. The highest BCUT2D eigenvalue weighted by Gasteiger charge is 2.50. The molecule has 1 spiro atoms. The van der Waals surface area contributed by atoms with E-state index < -0.39 is 0 Å². The molecule has 4 heterocycles. The molecule has 1 atom stereocenters. The van der Waals surface area contributed by atoms with E-state index in [4.69, 9.17) is 4.74 Å². The van der Waals surface area contributed by atoms with E-state index in [1.165, 1.54) is 6.20 Å². The average molecular weight is 436 g/mol. The summed E-state index contributed by atoms with van der Waals surface area (Å²) >= 11 is 0. The van der Waals surface area contributed by atoms with Crippen LogP contribution in [-0.4, -0.2) is 87.5 Å². The van der Waals surface area contributed by atoms with Gasteiger partial charge in [-0.1, -0.05) is 30.3 Å². The summed E-state index contributed by atoms with van der Waals surface area (Å²) in [4.78, 5) is 40.2. The third-order valence-electron chi connectivity index (χ3n) is 7.03. The van der Waals surface area contributed by atoms with Crippen molar-refractivity contribution in [2.45, 2.75) is 37.4 Å². The Balaban J connectivity index is 1.27. The fraction of sp³-hybridized carbons (Fsp3) is 0.500. The van der Waals surface area contributed by atoms with Crippen LogP contribution in [-0.2, 0) is 16.1 Å². The second-order valence-electron chi connectivity index (χ2n) is 9.00. The minimum atomic E-state index is -0.134. The molecular weight excluding hydrogens is 406 g/mol. The zero-order chi connectivity index (χ0) is 22.0. The lowest BCUT2D eigenvalue weighted by molar-refractivity contribution is -0.148. The molecule has 0 saturated carbocycles. The Morgan fingerprint density at radius 2 is 1.97 bits per heavy atom. The molecule has 3 aliphatic heterocycles. The molecule has 0 radical (unpaired) electrons. The van der Waals surface area contributed by atoms with Gasteiger partial charge in [0.25, 0.3) is 5.91 Å². The number of carbonyl (C=O) groups excluding carboxylic acids is 2. The van der Waals surface area contributed by atoms with Gasteiger partial charge in [0.1, 0.15) is 5.69 Å². The first-order valence-corrected chi connectivity index (χ1v) is 11.4. The number of hydrogen-bond donors (Lipinski definition) is 0. The summed E-state index contributed by atoms with van der Waals surface area (Å²) in [6.07, 6.45) is 7.26. The van der Waals surface area contributed by atoms with E-state index in [0.717, 1.165) is 31.4 Å². The summed E-state index contributed by atoms with van der Waals surface area (Å²) in [5.41, 5.74) is 1.40. The second kappa shape index (κ2) is 8.96. The van der Waals surface area contributed by atoms with Crippen molar-refractivity contribution in [3.05, 3.63) is 60.2 Å². The number of piperidine rings is 1. The molecule has 2 amide bonds. The van der Waals surface area contributed by atoms with Crippen LogP contribution in [0.1, 0.15) is 35.3 Å². The van der Waals surface area contributed by atoms with Gasteiger partial charge in [0.2, 0.25) is 5.91 Å². The summed E-state index contributed by atoms with van der Waals surface area (Å²) in [7, 11) is 0. The van der Waals surface area contributed by atoms with Crippen LogP contribution in [0.2, 0.25) is 0 Å². The van der Waals surface area contributed by atoms with Gasteiger partial charge < -0.3 is 14.5 Å². The molecule has 168 valence electrons. The van der Waals surface area contributed by atoms with Crippen molar-refractivity contribution >= 4 is 11.8 Å². The third kappa shape index (κ3) is 4.12. The first kappa shape index (κ1) is 21.0. The Kier molecular flexibility index (Phi) is 5.89. The maximum atomic E-state index is 13.1. The van der Waals surface area contributed by atoms with Crippen LogP contribution in [0, 0.1) is 0 Å². The van der Waals surface area contributed by atoms with Gasteiger partial charge in [-0.3, -0.25) is 19.5 Å². The van der Waals surface area contributed by atoms with E-state index in [1.54, 1.807) is 12.4 Å². The van der Waals surface area contributed by atoms with Crippen molar-refractivity contribution in [1.82, 2.24) is 24.7 Å². The Bertz CT molecular complexity index is 941. The van der Waals surface area contributed by atoms with Crippen LogP contribution in [0.5, 0.6) is 0 Å². The normalized spacial score (nSPS) is 24.9. The van der Waals surface area contributed by atoms with Crippen molar-refractivity contribution in [2.24, 2.45) is 0 Å². The first-order valence-electron chi connectivity index (χ1n) is 11.4. The second-order valence-corrected chi connectivity index (χ2v) is 9.00. The van der Waals surface area contributed by atoms with E-state index in [1.807, 2.05) is 28.0 Å². The predicted octanol–water partition coefficient (Wildman–Crippen LogP) is 1.58. The highest BCUT2D eigenvalue weighted by atomic mass is 16.5. The lowest BCUT2D eigenvalue weighted by atomic mass is 9.88. The highest BCUT2D eigenvalue weighted by molar-refractivity contribution is 5.92. The van der Waals surface area contributed by atoms with Gasteiger partial charge in [0, 0.05) is 51.2 Å². The lowest BCUT2D eigenvalue weighted by Crippen LogP contribution is -2.68. The molecule has 32 heavy (non-hydrogen) atoms. The third-order valence-corrected chi connectivity index (χ3v) is 7.03. The molecule has 0 bridgehead atoms. The molecule has 8 heteroatoms. The van der Waals surface area contributed by atoms with Gasteiger partial charge in [-0.25, -0.2) is 4.98 Å². The van der Waals surface area contributed by atoms with Gasteiger partial charge in [-0.05, 0) is 24.8 Å². The van der Waals surface area contributed by atoms with Crippen molar-refractivity contribution < 1.29 is 14.3 Å². The van der Waals surface area contributed by atoms with Gasteiger partial charge in [0.15, 0.2) is 0 Å². The molecule has 2 aromatic rings. The predicted molar refractivity (Wildman–Crippen MR) is 118 cm³/mol. The van der Waals surface area contributed by atoms with Crippen molar-refractivity contribution in [2.75, 3.05) is 39.4 Å². The molecule has 3 saturated heterocycles. The number of carbonyl (C=O) groups is 2. The lowest BCUT2D eigenvalue weighted by Gasteiger charge is -2.52. The molecule has 5 rings (SSSR count). The monoisotopic (exact) mass is 435 g/mol. The number of piperazine rings is 1. The van der Waals surface area contributed by atoms with Crippen molar-refractivity contribution in [1.29, 1.82) is 0 Å². The number of ether oxygens (including phenoxy) is 1. The van der Waals surface area contributed by atoms with E-state index >= 15 is 0 Å². The van der Waals surface area contributed by atoms with Crippen LogP contribution < -0.4 is 0 Å². The number of benzene rings is 1. The van der Waals surface area contributed by atoms with E-state index in [-0.39, 0.29) is 23.4 Å². The number of nitrogens with zero attached hydrogens (tertiary/aromatic N) is 5. The molecule has 3 fully saturated rings. The highest BCUT2D eigenvalue weighted by Crippen LogP contribution is 2.35. The topological polar surface area (TPSA) is 78.9 Å². The maximum Gasteiger partial charge on any atom is 0.274 e. The Hall–Kier alpha value is -2.84. The minimum absolute atomic E-state index is 0.0702. The van der Waals surface area contributed by atoms with E-state index in [2.05, 4.69) is 27.0 Å². The molecule has 8 nitrogen and oxygen atoms in total. The van der Waals surface area contributed by atoms with Gasteiger partial charge in [-0.2, -0.15) is 0 Å². The van der Waals surface area contributed by atoms with Crippen molar-refractivity contribution in [3.8, 4) is 0 Å². The number of likely N-dealkylation sites (tertiary alicyclic amines) is 1. The first-order chi connectivity index (χ1) is 15.6. The number of aromatic nitrogens is 2. The summed E-state index contributed by atoms with van der Waals surface area (Å²) < 4.78 is 5.85. The van der Waals surface area contributed by atoms with Crippen LogP contribution >= 0.6 is 0 Å². The SMILES string of the molecule is O=C1CN(C2CCN(C(=O)c3cnccn3)CC2)C2(CCOC2)CN1Cc1ccccc1. The van der Waals surface area contributed by atoms with Crippen LogP contribution in [0.25, 0.3) is 0 Å². The van der Waals surface area contributed by atoms with Gasteiger partial charge in [-0.15, -0.1) is 0 Å². The van der Waals surface area contributed by atoms with Gasteiger partial charge >= 0.3 is 0 Å². The Morgan fingerprint density at radius 1 is 1.16 bits per heavy atom. The molecule has 3 aliphatic rings. The fourth-order valence-corrected chi connectivity index (χ4v) is 5.31. The summed E-state index contributed by atoms with van der Waals surface area (Å²) in [6, 6.07) is 10.4. The standard InChI is InChI=1S/C24H29N5O3/c30-22-16-29(20-6-11-27(12-7-20)23(31)21-14-25-9-10-26-21)24(8-13-32-18-24)17-28(22)15-19-4-2-1-3-5-19/h1-5,9-10,14,20H,6-8,11-13,15-18H2. The molecule has 0 aliphatic carbocycles. The number of hydrogen-bond acceptors (Lipinski definition) is 6. The van der Waals surface area contributed by atoms with E-state index in [9.17, 15) is 9.59 Å². The smallest absolute Gasteiger partial charge is 0.274 e. The van der Waals surface area contributed by atoms with Crippen LogP contribution in [0.15, 0.2) is 48.9 Å². The molecule has 1 aromatic heterocycles. The molecule has 1 aromatic carbocycles. The van der Waals surface area contributed by atoms with Crippen LogP contribution in [0.4, 0.5) is 0 Å². The zero-order valence-corrected chi connectivity index (χ0v) is 18.2. The quantitative estimate of drug-likeness (QED) is 0.726. The summed E-state index contributed by atoms with van der Waals surface area (Å²) in [5, 5.41) is 0. The number of rotatable bonds is 4. The van der Waals surface area contributed by atoms with Gasteiger partial charge in [0.05, 0.1) is 24.9 Å². The summed E-state index contributed by atoms with van der Waals surface area (Å²) in [5.74, 6) is 0.101. The number of amides is 2. The fourth-order valence-electron chi connectivity index (χ4n) is 5.31. The molecule has 1 unspecified atom stereocenters. The average Bonchev–Trinajstić information content (AvgIpc) is 3.31. The summed E-state index contributed by atoms with van der Waals surface area (Å²) in [6.45, 7) is 4.46.